The molecule has 0 bridgehead atoms. The molecule has 0 radical (unpaired) electrons. The SMILES string of the molecule is CC(C)CCCN1CCSCC1CC(=O)O. The molecular formula is C12H23NO2S. The van der Waals surface area contributed by atoms with E-state index in [-0.39, 0.29) is 6.04 Å². The van der Waals surface area contributed by atoms with E-state index in [0.29, 0.717) is 6.42 Å². The van der Waals surface area contributed by atoms with Crippen LogP contribution in [0, 0.1) is 5.92 Å². The molecule has 94 valence electrons. The normalized spacial score (nSPS) is 22.6. The second kappa shape index (κ2) is 7.17. The topological polar surface area (TPSA) is 40.5 Å². The molecule has 1 rings (SSSR count). The molecule has 1 heterocycles. The molecule has 0 saturated carbocycles. The molecule has 0 spiro atoms. The first-order valence-corrected chi connectivity index (χ1v) is 7.28. The molecule has 0 amide bonds. The number of carboxylic acid groups (broad SMARTS) is 1. The van der Waals surface area contributed by atoms with Gasteiger partial charge in [-0.1, -0.05) is 13.8 Å². The van der Waals surface area contributed by atoms with Gasteiger partial charge >= 0.3 is 5.97 Å². The lowest BCUT2D eigenvalue weighted by molar-refractivity contribution is -0.138. The van der Waals surface area contributed by atoms with E-state index >= 15 is 0 Å². The summed E-state index contributed by atoms with van der Waals surface area (Å²) < 4.78 is 0. The molecule has 0 aliphatic carbocycles. The summed E-state index contributed by atoms with van der Waals surface area (Å²) in [6.07, 6.45) is 2.73. The maximum atomic E-state index is 10.8. The predicted molar refractivity (Wildman–Crippen MR) is 69.0 cm³/mol. The highest BCUT2D eigenvalue weighted by molar-refractivity contribution is 7.99. The highest BCUT2D eigenvalue weighted by atomic mass is 32.2. The number of carbonyl (C=O) groups is 1. The summed E-state index contributed by atoms with van der Waals surface area (Å²) in [5.41, 5.74) is 0. The van der Waals surface area contributed by atoms with E-state index in [1.165, 1.54) is 12.8 Å². The molecule has 1 aliphatic heterocycles. The van der Waals surface area contributed by atoms with Gasteiger partial charge in [0.05, 0.1) is 6.42 Å². The van der Waals surface area contributed by atoms with E-state index in [9.17, 15) is 4.79 Å². The predicted octanol–water partition coefficient (Wildman–Crippen LogP) is 2.31. The molecule has 1 unspecified atom stereocenters. The van der Waals surface area contributed by atoms with Crippen LogP contribution in [0.1, 0.15) is 33.1 Å². The summed E-state index contributed by atoms with van der Waals surface area (Å²) >= 11 is 1.88. The fourth-order valence-electron chi connectivity index (χ4n) is 2.08. The van der Waals surface area contributed by atoms with Gasteiger partial charge in [-0.2, -0.15) is 11.8 Å². The molecule has 16 heavy (non-hydrogen) atoms. The lowest BCUT2D eigenvalue weighted by Gasteiger charge is -2.34. The Hall–Kier alpha value is -0.220. The highest BCUT2D eigenvalue weighted by Crippen LogP contribution is 2.19. The third-order valence-corrected chi connectivity index (χ3v) is 4.08. The third kappa shape index (κ3) is 5.21. The Morgan fingerprint density at radius 1 is 1.56 bits per heavy atom. The van der Waals surface area contributed by atoms with Crippen molar-refractivity contribution in [3.8, 4) is 0 Å². The first kappa shape index (κ1) is 13.8. The van der Waals surface area contributed by atoms with Crippen LogP contribution < -0.4 is 0 Å². The Balaban J connectivity index is 2.31. The minimum Gasteiger partial charge on any atom is -0.481 e. The van der Waals surface area contributed by atoms with Gasteiger partial charge in [0.15, 0.2) is 0 Å². The zero-order chi connectivity index (χ0) is 12.0. The van der Waals surface area contributed by atoms with Crippen LogP contribution in [0.2, 0.25) is 0 Å². The van der Waals surface area contributed by atoms with Crippen LogP contribution in [0.25, 0.3) is 0 Å². The van der Waals surface area contributed by atoms with Gasteiger partial charge in [-0.05, 0) is 25.3 Å². The van der Waals surface area contributed by atoms with Crippen LogP contribution in [0.15, 0.2) is 0 Å². The standard InChI is InChI=1S/C12H23NO2S/c1-10(2)4-3-5-13-6-7-16-9-11(13)8-12(14)15/h10-11H,3-9H2,1-2H3,(H,14,15). The smallest absolute Gasteiger partial charge is 0.304 e. The molecule has 0 aromatic carbocycles. The molecule has 1 saturated heterocycles. The van der Waals surface area contributed by atoms with Crippen LogP contribution >= 0.6 is 11.8 Å². The molecule has 4 heteroatoms. The van der Waals surface area contributed by atoms with Crippen molar-refractivity contribution in [2.24, 2.45) is 5.92 Å². The summed E-state index contributed by atoms with van der Waals surface area (Å²) in [6.45, 7) is 6.60. The van der Waals surface area contributed by atoms with Gasteiger partial charge in [-0.3, -0.25) is 9.69 Å². The number of aliphatic carboxylic acids is 1. The average molecular weight is 245 g/mol. The van der Waals surface area contributed by atoms with Crippen LogP contribution in [-0.4, -0.2) is 46.6 Å². The van der Waals surface area contributed by atoms with Crippen molar-refractivity contribution in [2.45, 2.75) is 39.2 Å². The van der Waals surface area contributed by atoms with Gasteiger partial charge in [-0.15, -0.1) is 0 Å². The minimum absolute atomic E-state index is 0.253. The maximum absolute atomic E-state index is 10.8. The summed E-state index contributed by atoms with van der Waals surface area (Å²) in [6, 6.07) is 0.253. The van der Waals surface area contributed by atoms with Gasteiger partial charge in [-0.25, -0.2) is 0 Å². The van der Waals surface area contributed by atoms with Gasteiger partial charge in [0.25, 0.3) is 0 Å². The first-order chi connectivity index (χ1) is 7.59. The largest absolute Gasteiger partial charge is 0.481 e. The molecule has 1 atom stereocenters. The van der Waals surface area contributed by atoms with Crippen LogP contribution in [-0.2, 0) is 4.79 Å². The van der Waals surface area contributed by atoms with Crippen molar-refractivity contribution in [2.75, 3.05) is 24.6 Å². The molecule has 0 aromatic rings. The van der Waals surface area contributed by atoms with Crippen LogP contribution in [0.5, 0.6) is 0 Å². The van der Waals surface area contributed by atoms with Crippen LogP contribution in [0.3, 0.4) is 0 Å². The summed E-state index contributed by atoms with van der Waals surface area (Å²) in [4.78, 5) is 13.1. The van der Waals surface area contributed by atoms with Crippen molar-refractivity contribution < 1.29 is 9.90 Å². The Morgan fingerprint density at radius 3 is 2.94 bits per heavy atom. The van der Waals surface area contributed by atoms with Crippen molar-refractivity contribution >= 4 is 17.7 Å². The average Bonchev–Trinajstić information content (AvgIpc) is 2.19. The fourth-order valence-corrected chi connectivity index (χ4v) is 3.21. The van der Waals surface area contributed by atoms with Crippen molar-refractivity contribution in [3.63, 3.8) is 0 Å². The number of hydrogen-bond donors (Lipinski definition) is 1. The Bertz CT molecular complexity index is 221. The minimum atomic E-state index is -0.665. The lowest BCUT2D eigenvalue weighted by atomic mass is 10.1. The number of carboxylic acids is 1. The zero-order valence-electron chi connectivity index (χ0n) is 10.3. The van der Waals surface area contributed by atoms with Crippen molar-refractivity contribution in [1.29, 1.82) is 0 Å². The van der Waals surface area contributed by atoms with E-state index in [1.807, 2.05) is 11.8 Å². The second-order valence-electron chi connectivity index (χ2n) is 4.90. The number of rotatable bonds is 6. The summed E-state index contributed by atoms with van der Waals surface area (Å²) in [5.74, 6) is 2.21. The number of hydrogen-bond acceptors (Lipinski definition) is 3. The quantitative estimate of drug-likeness (QED) is 0.779. The monoisotopic (exact) mass is 245 g/mol. The molecule has 1 fully saturated rings. The lowest BCUT2D eigenvalue weighted by Crippen LogP contribution is -2.44. The fraction of sp³-hybridized carbons (Fsp3) is 0.917. The zero-order valence-corrected chi connectivity index (χ0v) is 11.1. The Labute approximate surface area is 103 Å². The van der Waals surface area contributed by atoms with E-state index in [4.69, 9.17) is 5.11 Å². The van der Waals surface area contributed by atoms with Gasteiger partial charge in [0.1, 0.15) is 0 Å². The van der Waals surface area contributed by atoms with Crippen LogP contribution in [0.4, 0.5) is 0 Å². The number of thioether (sulfide) groups is 1. The molecule has 1 N–H and O–H groups in total. The van der Waals surface area contributed by atoms with Gasteiger partial charge in [0.2, 0.25) is 0 Å². The van der Waals surface area contributed by atoms with E-state index < -0.39 is 5.97 Å². The summed E-state index contributed by atoms with van der Waals surface area (Å²) in [5, 5.41) is 8.86. The second-order valence-corrected chi connectivity index (χ2v) is 6.05. The highest BCUT2D eigenvalue weighted by Gasteiger charge is 2.24. The Morgan fingerprint density at radius 2 is 2.31 bits per heavy atom. The van der Waals surface area contributed by atoms with E-state index in [1.54, 1.807) is 0 Å². The molecule has 1 aliphatic rings. The summed E-state index contributed by atoms with van der Waals surface area (Å²) in [7, 11) is 0. The molecule has 3 nitrogen and oxygen atoms in total. The van der Waals surface area contributed by atoms with Gasteiger partial charge < -0.3 is 5.11 Å². The van der Waals surface area contributed by atoms with Crippen molar-refractivity contribution in [3.05, 3.63) is 0 Å². The third-order valence-electron chi connectivity index (χ3n) is 2.99. The Kier molecular flexibility index (Phi) is 6.21. The van der Waals surface area contributed by atoms with E-state index in [0.717, 1.165) is 30.5 Å². The number of nitrogens with zero attached hydrogens (tertiary/aromatic N) is 1. The van der Waals surface area contributed by atoms with Gasteiger partial charge in [0, 0.05) is 24.1 Å². The van der Waals surface area contributed by atoms with Crippen molar-refractivity contribution in [1.82, 2.24) is 4.90 Å². The maximum Gasteiger partial charge on any atom is 0.304 e. The first-order valence-electron chi connectivity index (χ1n) is 6.13. The van der Waals surface area contributed by atoms with E-state index in [2.05, 4.69) is 18.7 Å². The molecule has 0 aromatic heterocycles. The molecular weight excluding hydrogens is 222 g/mol.